The van der Waals surface area contributed by atoms with Crippen molar-refractivity contribution < 1.29 is 4.79 Å². The average molecular weight is 252 g/mol. The summed E-state index contributed by atoms with van der Waals surface area (Å²) in [5.74, 6) is 0.102. The zero-order valence-corrected chi connectivity index (χ0v) is 11.1. The monoisotopic (exact) mass is 252 g/mol. The van der Waals surface area contributed by atoms with E-state index >= 15 is 0 Å². The van der Waals surface area contributed by atoms with Gasteiger partial charge in [-0.1, -0.05) is 12.8 Å². The van der Waals surface area contributed by atoms with Crippen LogP contribution in [0.3, 0.4) is 0 Å². The largest absolute Gasteiger partial charge is 0.350 e. The first-order valence-electron chi connectivity index (χ1n) is 6.29. The molecule has 2 rings (SSSR count). The molecule has 1 aromatic rings. The molecule has 1 heterocycles. The van der Waals surface area contributed by atoms with Crippen LogP contribution in [0.25, 0.3) is 0 Å². The quantitative estimate of drug-likeness (QED) is 0.843. The summed E-state index contributed by atoms with van der Waals surface area (Å²) in [4.78, 5) is 12.9. The molecule has 1 aromatic heterocycles. The molecule has 2 N–H and O–H groups in total. The van der Waals surface area contributed by atoms with E-state index in [4.69, 9.17) is 0 Å². The minimum absolute atomic E-state index is 0.102. The Morgan fingerprint density at radius 3 is 2.88 bits per heavy atom. The highest BCUT2D eigenvalue weighted by molar-refractivity contribution is 7.10. The molecule has 0 saturated heterocycles. The Balaban J connectivity index is 1.65. The summed E-state index contributed by atoms with van der Waals surface area (Å²) in [6, 6.07) is 2.65. The summed E-state index contributed by atoms with van der Waals surface area (Å²) in [6.45, 7) is 3.19. The van der Waals surface area contributed by atoms with Crippen LogP contribution in [0.1, 0.15) is 36.1 Å². The number of aryl methyl sites for hydroxylation is 1. The minimum atomic E-state index is 0.102. The second-order valence-corrected chi connectivity index (χ2v) is 5.67. The number of carbonyl (C=O) groups excluding carboxylic acids is 1. The van der Waals surface area contributed by atoms with Crippen LogP contribution in [0.4, 0.5) is 0 Å². The smallest absolute Gasteiger partial charge is 0.234 e. The van der Waals surface area contributed by atoms with Crippen LogP contribution in [-0.4, -0.2) is 18.5 Å². The number of amides is 1. The van der Waals surface area contributed by atoms with Crippen molar-refractivity contribution in [2.45, 2.75) is 45.2 Å². The third kappa shape index (κ3) is 3.82. The van der Waals surface area contributed by atoms with E-state index in [1.54, 1.807) is 11.3 Å². The number of hydrogen-bond acceptors (Lipinski definition) is 3. The molecule has 1 aliphatic carbocycles. The molecule has 0 aliphatic heterocycles. The van der Waals surface area contributed by atoms with Crippen LogP contribution in [-0.2, 0) is 11.3 Å². The topological polar surface area (TPSA) is 41.1 Å². The van der Waals surface area contributed by atoms with Crippen molar-refractivity contribution in [1.29, 1.82) is 0 Å². The van der Waals surface area contributed by atoms with Crippen molar-refractivity contribution in [1.82, 2.24) is 10.6 Å². The molecule has 17 heavy (non-hydrogen) atoms. The van der Waals surface area contributed by atoms with Crippen molar-refractivity contribution >= 4 is 17.2 Å². The number of hydrogen-bond donors (Lipinski definition) is 2. The van der Waals surface area contributed by atoms with Crippen LogP contribution in [0.2, 0.25) is 0 Å². The zero-order chi connectivity index (χ0) is 12.1. The number of carbonyl (C=O) groups is 1. The normalized spacial score (nSPS) is 16.3. The van der Waals surface area contributed by atoms with Gasteiger partial charge in [-0.05, 0) is 36.8 Å². The van der Waals surface area contributed by atoms with Gasteiger partial charge in [-0.2, -0.15) is 0 Å². The summed E-state index contributed by atoms with van der Waals surface area (Å²) < 4.78 is 0. The van der Waals surface area contributed by atoms with Crippen molar-refractivity contribution in [2.75, 3.05) is 6.54 Å². The lowest BCUT2D eigenvalue weighted by molar-refractivity contribution is -0.120. The van der Waals surface area contributed by atoms with E-state index in [0.29, 0.717) is 19.1 Å². The molecule has 0 spiro atoms. The molecule has 0 aromatic carbocycles. The Morgan fingerprint density at radius 1 is 1.47 bits per heavy atom. The van der Waals surface area contributed by atoms with Crippen molar-refractivity contribution in [3.05, 3.63) is 21.9 Å². The Morgan fingerprint density at radius 2 is 2.24 bits per heavy atom. The molecule has 0 unspecified atom stereocenters. The molecule has 0 radical (unpaired) electrons. The van der Waals surface area contributed by atoms with Crippen LogP contribution in [0, 0.1) is 6.92 Å². The van der Waals surface area contributed by atoms with Crippen molar-refractivity contribution in [3.63, 3.8) is 0 Å². The highest BCUT2D eigenvalue weighted by Crippen LogP contribution is 2.17. The number of rotatable bonds is 5. The fraction of sp³-hybridized carbons (Fsp3) is 0.615. The number of thiophene rings is 1. The molecule has 0 bridgehead atoms. The Labute approximate surface area is 107 Å². The second kappa shape index (κ2) is 6.17. The van der Waals surface area contributed by atoms with E-state index in [1.165, 1.54) is 36.1 Å². The van der Waals surface area contributed by atoms with Gasteiger partial charge in [0.1, 0.15) is 0 Å². The molecular formula is C13H20N2OS. The first-order chi connectivity index (χ1) is 8.25. The Kier molecular flexibility index (Phi) is 4.57. The summed E-state index contributed by atoms with van der Waals surface area (Å²) in [7, 11) is 0. The van der Waals surface area contributed by atoms with Gasteiger partial charge in [-0.15, -0.1) is 11.3 Å². The van der Waals surface area contributed by atoms with Crippen molar-refractivity contribution in [3.8, 4) is 0 Å². The van der Waals surface area contributed by atoms with Crippen molar-refractivity contribution in [2.24, 2.45) is 0 Å². The first-order valence-corrected chi connectivity index (χ1v) is 7.16. The predicted octanol–water partition coefficient (Wildman–Crippen LogP) is 2.20. The molecule has 0 atom stereocenters. The van der Waals surface area contributed by atoms with Crippen LogP contribution >= 0.6 is 11.3 Å². The van der Waals surface area contributed by atoms with Gasteiger partial charge in [0.25, 0.3) is 0 Å². The maximum Gasteiger partial charge on any atom is 0.234 e. The third-order valence-electron chi connectivity index (χ3n) is 3.32. The van der Waals surface area contributed by atoms with E-state index < -0.39 is 0 Å². The molecule has 3 nitrogen and oxygen atoms in total. The van der Waals surface area contributed by atoms with E-state index in [0.717, 1.165) is 0 Å². The van der Waals surface area contributed by atoms with E-state index in [-0.39, 0.29) is 5.91 Å². The second-order valence-electron chi connectivity index (χ2n) is 4.67. The summed E-state index contributed by atoms with van der Waals surface area (Å²) >= 11 is 1.70. The molecule has 1 saturated carbocycles. The SMILES string of the molecule is Cc1ccsc1CNC(=O)CNC1CCCC1. The average Bonchev–Trinajstić information content (AvgIpc) is 2.95. The van der Waals surface area contributed by atoms with Crippen LogP contribution in [0.5, 0.6) is 0 Å². The zero-order valence-electron chi connectivity index (χ0n) is 10.3. The van der Waals surface area contributed by atoms with Gasteiger partial charge < -0.3 is 10.6 Å². The maximum atomic E-state index is 11.6. The summed E-state index contributed by atoms with van der Waals surface area (Å²) in [5, 5.41) is 8.34. The van der Waals surface area contributed by atoms with Gasteiger partial charge in [-0.25, -0.2) is 0 Å². The Hall–Kier alpha value is -0.870. The van der Waals surface area contributed by atoms with Gasteiger partial charge in [0.05, 0.1) is 13.1 Å². The van der Waals surface area contributed by atoms with Gasteiger partial charge in [0.15, 0.2) is 0 Å². The van der Waals surface area contributed by atoms with E-state index in [2.05, 4.69) is 29.0 Å². The van der Waals surface area contributed by atoms with Gasteiger partial charge >= 0.3 is 0 Å². The highest BCUT2D eigenvalue weighted by Gasteiger charge is 2.15. The lowest BCUT2D eigenvalue weighted by atomic mass is 10.2. The third-order valence-corrected chi connectivity index (χ3v) is 4.34. The van der Waals surface area contributed by atoms with Crippen LogP contribution < -0.4 is 10.6 Å². The predicted molar refractivity (Wildman–Crippen MR) is 71.2 cm³/mol. The fourth-order valence-electron chi connectivity index (χ4n) is 2.19. The highest BCUT2D eigenvalue weighted by atomic mass is 32.1. The summed E-state index contributed by atoms with van der Waals surface area (Å²) in [6.07, 6.45) is 5.04. The molecule has 1 aliphatic rings. The standard InChI is InChI=1S/C13H20N2OS/c1-10-6-7-17-12(10)8-15-13(16)9-14-11-4-2-3-5-11/h6-7,11,14H,2-5,8-9H2,1H3,(H,15,16). The van der Waals surface area contributed by atoms with E-state index in [1.807, 2.05) is 0 Å². The number of nitrogens with one attached hydrogen (secondary N) is 2. The van der Waals surface area contributed by atoms with Gasteiger partial charge in [-0.3, -0.25) is 4.79 Å². The lowest BCUT2D eigenvalue weighted by Crippen LogP contribution is -2.37. The molecule has 4 heteroatoms. The lowest BCUT2D eigenvalue weighted by Gasteiger charge is -2.11. The Bertz CT molecular complexity index is 369. The summed E-state index contributed by atoms with van der Waals surface area (Å²) in [5.41, 5.74) is 1.26. The van der Waals surface area contributed by atoms with Crippen LogP contribution in [0.15, 0.2) is 11.4 Å². The van der Waals surface area contributed by atoms with Gasteiger partial charge in [0, 0.05) is 10.9 Å². The molecule has 1 fully saturated rings. The minimum Gasteiger partial charge on any atom is -0.350 e. The van der Waals surface area contributed by atoms with Gasteiger partial charge in [0.2, 0.25) is 5.91 Å². The molecular weight excluding hydrogens is 232 g/mol. The molecule has 1 amide bonds. The maximum absolute atomic E-state index is 11.6. The fourth-order valence-corrected chi connectivity index (χ4v) is 3.04. The molecule has 94 valence electrons. The van der Waals surface area contributed by atoms with E-state index in [9.17, 15) is 4.79 Å². The first kappa shape index (κ1) is 12.6.